The Kier molecular flexibility index (Phi) is 6.52. The van der Waals surface area contributed by atoms with Crippen molar-refractivity contribution in [3.05, 3.63) is 22.7 Å². The van der Waals surface area contributed by atoms with Crippen molar-refractivity contribution < 1.29 is 9.16 Å². The average Bonchev–Trinajstić information content (AvgIpc) is 3.10. The van der Waals surface area contributed by atoms with E-state index < -0.39 is 8.32 Å². The topological polar surface area (TPSA) is 18.5 Å². The molecule has 0 aliphatic heterocycles. The van der Waals surface area contributed by atoms with Crippen LogP contribution in [-0.2, 0) is 9.16 Å². The van der Waals surface area contributed by atoms with Crippen LogP contribution in [0, 0.1) is 23.2 Å². The van der Waals surface area contributed by atoms with Gasteiger partial charge in [0.25, 0.3) is 0 Å². The average molecular weight is 456 g/mol. The predicted octanol–water partition coefficient (Wildman–Crippen LogP) is 7.07. The van der Waals surface area contributed by atoms with Gasteiger partial charge in [0.15, 0.2) is 8.32 Å². The molecule has 27 heavy (non-hydrogen) atoms. The molecule has 0 saturated heterocycles. The van der Waals surface area contributed by atoms with E-state index in [1.807, 2.05) is 0 Å². The minimum atomic E-state index is -1.55. The van der Waals surface area contributed by atoms with E-state index in [0.29, 0.717) is 11.3 Å². The summed E-state index contributed by atoms with van der Waals surface area (Å²) in [6.07, 6.45) is 12.4. The summed E-state index contributed by atoms with van der Waals surface area (Å²) in [4.78, 5) is 2.22. The zero-order valence-electron chi connectivity index (χ0n) is 18.2. The van der Waals surface area contributed by atoms with Gasteiger partial charge in [-0.1, -0.05) is 47.5 Å². The fraction of sp³-hybridized carbons (Fsp3) is 0.826. The van der Waals surface area contributed by atoms with Gasteiger partial charge in [-0.25, -0.2) is 0 Å². The van der Waals surface area contributed by atoms with Gasteiger partial charge in [-0.2, -0.15) is 0 Å². The van der Waals surface area contributed by atoms with Gasteiger partial charge in [0.1, 0.15) is 0 Å². The minimum absolute atomic E-state index is 0.137. The first kappa shape index (κ1) is 21.8. The van der Waals surface area contributed by atoms with Crippen molar-refractivity contribution >= 4 is 24.2 Å². The lowest BCUT2D eigenvalue weighted by atomic mass is 9.61. The Balaban J connectivity index is 1.55. The number of halogens is 1. The van der Waals surface area contributed by atoms with E-state index in [4.69, 9.17) is 9.16 Å². The van der Waals surface area contributed by atoms with Gasteiger partial charge in [-0.05, 0) is 86.8 Å². The SMILES string of the molecule is C[C@@H](CO[C@@H]1C=C[C@](C)(O[Si](C)(C)C)C1)[C@H]1CCC2/C(=C/Br)CCC[C@@]21C. The summed E-state index contributed by atoms with van der Waals surface area (Å²) in [5, 5.41) is 0. The van der Waals surface area contributed by atoms with Crippen LogP contribution in [0.4, 0.5) is 0 Å². The van der Waals surface area contributed by atoms with Crippen molar-refractivity contribution in [1.29, 1.82) is 0 Å². The molecule has 3 rings (SSSR count). The fourth-order valence-corrected chi connectivity index (χ4v) is 8.37. The largest absolute Gasteiger partial charge is 0.409 e. The van der Waals surface area contributed by atoms with E-state index >= 15 is 0 Å². The maximum Gasteiger partial charge on any atom is 0.184 e. The molecule has 0 aromatic carbocycles. The molecule has 4 heteroatoms. The lowest BCUT2D eigenvalue weighted by molar-refractivity contribution is -0.00461. The molecule has 0 N–H and O–H groups in total. The number of ether oxygens (including phenoxy) is 1. The zero-order valence-corrected chi connectivity index (χ0v) is 20.8. The first-order valence-electron chi connectivity index (χ1n) is 10.9. The van der Waals surface area contributed by atoms with Crippen molar-refractivity contribution in [1.82, 2.24) is 0 Å². The minimum Gasteiger partial charge on any atom is -0.409 e. The number of hydrogen-bond donors (Lipinski definition) is 0. The molecule has 6 atom stereocenters. The lowest BCUT2D eigenvalue weighted by Crippen LogP contribution is -2.39. The van der Waals surface area contributed by atoms with Crippen molar-refractivity contribution in [3.63, 3.8) is 0 Å². The van der Waals surface area contributed by atoms with Crippen LogP contribution in [0.25, 0.3) is 0 Å². The summed E-state index contributed by atoms with van der Waals surface area (Å²) in [5.41, 5.74) is 1.97. The lowest BCUT2D eigenvalue weighted by Gasteiger charge is -2.44. The standard InChI is InChI=1S/C23H39BrO2Si/c1-17(16-25-19-11-13-22(2,14-19)26-27(4,5)6)20-9-10-21-18(15-24)8-7-12-23(20,21)3/h11,13,15,17,19-21H,7-10,12,14,16H2,1-6H3/b18-15+/t17-,19+,20+,21?,22-,23+/m0/s1. The van der Waals surface area contributed by atoms with E-state index in [1.165, 1.54) is 32.1 Å². The van der Waals surface area contributed by atoms with Crippen molar-refractivity contribution in [2.75, 3.05) is 6.61 Å². The van der Waals surface area contributed by atoms with Crippen LogP contribution in [0.15, 0.2) is 22.7 Å². The molecule has 154 valence electrons. The van der Waals surface area contributed by atoms with Crippen LogP contribution in [0.5, 0.6) is 0 Å². The van der Waals surface area contributed by atoms with Crippen molar-refractivity contribution in [2.24, 2.45) is 23.2 Å². The van der Waals surface area contributed by atoms with Crippen LogP contribution in [0.1, 0.15) is 59.3 Å². The molecule has 0 bridgehead atoms. The van der Waals surface area contributed by atoms with Crippen LogP contribution >= 0.6 is 15.9 Å². The van der Waals surface area contributed by atoms with Crippen LogP contribution in [0.3, 0.4) is 0 Å². The molecule has 3 aliphatic carbocycles. The van der Waals surface area contributed by atoms with Gasteiger partial charge in [0.2, 0.25) is 0 Å². The third kappa shape index (κ3) is 4.82. The zero-order chi connectivity index (χ0) is 19.9. The summed E-state index contributed by atoms with van der Waals surface area (Å²) in [7, 11) is -1.55. The van der Waals surface area contributed by atoms with Crippen molar-refractivity contribution in [2.45, 2.75) is 90.6 Å². The maximum absolute atomic E-state index is 6.40. The van der Waals surface area contributed by atoms with E-state index in [9.17, 15) is 0 Å². The molecular formula is C23H39BrO2Si. The number of hydrogen-bond acceptors (Lipinski definition) is 2. The Morgan fingerprint density at radius 2 is 2.04 bits per heavy atom. The first-order valence-corrected chi connectivity index (χ1v) is 15.2. The Hall–Kier alpha value is 0.0969. The number of rotatable bonds is 6. The van der Waals surface area contributed by atoms with Gasteiger partial charge in [-0.15, -0.1) is 0 Å². The normalized spacial score (nSPS) is 41.9. The summed E-state index contributed by atoms with van der Waals surface area (Å²) in [6.45, 7) is 14.8. The maximum atomic E-state index is 6.40. The second kappa shape index (κ2) is 8.08. The second-order valence-corrected chi connectivity index (χ2v) is 15.6. The highest BCUT2D eigenvalue weighted by Gasteiger charge is 2.50. The summed E-state index contributed by atoms with van der Waals surface area (Å²) in [6, 6.07) is 0. The van der Waals surface area contributed by atoms with E-state index in [2.05, 4.69) is 73.5 Å². The molecule has 0 heterocycles. The highest BCUT2D eigenvalue weighted by atomic mass is 79.9. The Morgan fingerprint density at radius 1 is 1.30 bits per heavy atom. The molecule has 0 spiro atoms. The molecule has 1 unspecified atom stereocenters. The van der Waals surface area contributed by atoms with E-state index in [1.54, 1.807) is 5.57 Å². The van der Waals surface area contributed by atoms with Gasteiger partial charge in [-0.3, -0.25) is 0 Å². The van der Waals surface area contributed by atoms with Gasteiger partial charge < -0.3 is 9.16 Å². The van der Waals surface area contributed by atoms with Crippen LogP contribution < -0.4 is 0 Å². The summed E-state index contributed by atoms with van der Waals surface area (Å²) >= 11 is 3.63. The quantitative estimate of drug-likeness (QED) is 0.315. The third-order valence-corrected chi connectivity index (χ3v) is 8.91. The first-order chi connectivity index (χ1) is 12.6. The summed E-state index contributed by atoms with van der Waals surface area (Å²) < 4.78 is 12.8. The smallest absolute Gasteiger partial charge is 0.184 e. The number of fused-ring (bicyclic) bond motifs is 1. The van der Waals surface area contributed by atoms with Crippen LogP contribution in [0.2, 0.25) is 19.6 Å². The highest BCUT2D eigenvalue weighted by molar-refractivity contribution is 9.11. The molecular weight excluding hydrogens is 416 g/mol. The molecule has 2 saturated carbocycles. The molecule has 0 aromatic heterocycles. The molecule has 3 aliphatic rings. The third-order valence-electron chi connectivity index (χ3n) is 7.25. The fourth-order valence-electron chi connectivity index (χ4n) is 6.27. The second-order valence-electron chi connectivity index (χ2n) is 10.7. The molecule has 0 aromatic rings. The monoisotopic (exact) mass is 454 g/mol. The summed E-state index contributed by atoms with van der Waals surface area (Å²) in [5.74, 6) is 2.17. The van der Waals surface area contributed by atoms with E-state index in [-0.39, 0.29) is 11.7 Å². The Labute approximate surface area is 176 Å². The van der Waals surface area contributed by atoms with E-state index in [0.717, 1.165) is 24.9 Å². The molecule has 2 nitrogen and oxygen atoms in total. The van der Waals surface area contributed by atoms with Gasteiger partial charge in [0.05, 0.1) is 18.3 Å². The highest BCUT2D eigenvalue weighted by Crippen LogP contribution is 2.59. The Morgan fingerprint density at radius 3 is 2.70 bits per heavy atom. The van der Waals surface area contributed by atoms with Gasteiger partial charge >= 0.3 is 0 Å². The Bertz CT molecular complexity index is 596. The van der Waals surface area contributed by atoms with Gasteiger partial charge in [0, 0.05) is 6.42 Å². The molecule has 2 fully saturated rings. The van der Waals surface area contributed by atoms with Crippen molar-refractivity contribution in [3.8, 4) is 0 Å². The van der Waals surface area contributed by atoms with Crippen LogP contribution in [-0.4, -0.2) is 26.6 Å². The molecule has 0 amide bonds. The molecule has 0 radical (unpaired) electrons. The predicted molar refractivity (Wildman–Crippen MR) is 121 cm³/mol. The number of allylic oxidation sites excluding steroid dienone is 1.